The van der Waals surface area contributed by atoms with E-state index in [4.69, 9.17) is 4.99 Å². The van der Waals surface area contributed by atoms with Crippen molar-refractivity contribution in [3.8, 4) is 0 Å². The van der Waals surface area contributed by atoms with Crippen molar-refractivity contribution in [3.05, 3.63) is 66.2 Å². The molecule has 1 atom stereocenters. The molecule has 1 N–H and O–H groups in total. The highest BCUT2D eigenvalue weighted by molar-refractivity contribution is 7.99. The molecule has 0 saturated heterocycles. The molecule has 3 nitrogen and oxygen atoms in total. The van der Waals surface area contributed by atoms with Gasteiger partial charge >= 0.3 is 0 Å². The maximum Gasteiger partial charge on any atom is 0.189 e. The number of hydrogen-bond acceptors (Lipinski definition) is 4. The molecule has 1 aliphatic heterocycles. The summed E-state index contributed by atoms with van der Waals surface area (Å²) < 4.78 is 0. The fourth-order valence-corrected chi connectivity index (χ4v) is 3.28. The molecule has 2 aromatic carbocycles. The van der Waals surface area contributed by atoms with Gasteiger partial charge in [0.25, 0.3) is 0 Å². The Bertz CT molecular complexity index is 598. The van der Waals surface area contributed by atoms with Crippen molar-refractivity contribution in [2.24, 2.45) is 4.99 Å². The van der Waals surface area contributed by atoms with Crippen LogP contribution < -0.4 is 10.4 Å². The minimum Gasteiger partial charge on any atom is -0.283 e. The molecule has 21 heavy (non-hydrogen) atoms. The summed E-state index contributed by atoms with van der Waals surface area (Å²) in [5.41, 5.74) is 5.97. The van der Waals surface area contributed by atoms with E-state index < -0.39 is 0 Å². The van der Waals surface area contributed by atoms with E-state index in [9.17, 15) is 0 Å². The van der Waals surface area contributed by atoms with Gasteiger partial charge < -0.3 is 0 Å². The zero-order chi connectivity index (χ0) is 14.5. The van der Waals surface area contributed by atoms with Gasteiger partial charge in [-0.25, -0.2) is 4.99 Å². The molecule has 1 unspecified atom stereocenters. The van der Waals surface area contributed by atoms with Gasteiger partial charge in [-0.05, 0) is 17.7 Å². The highest BCUT2D eigenvalue weighted by Crippen LogP contribution is 2.28. The number of nitrogens with zero attached hydrogens (tertiary/aromatic N) is 2. The maximum absolute atomic E-state index is 4.77. The maximum atomic E-state index is 4.77. The fraction of sp³-hybridized carbons (Fsp3) is 0.235. The van der Waals surface area contributed by atoms with E-state index in [2.05, 4.69) is 72.0 Å². The minimum absolute atomic E-state index is 0.0857. The van der Waals surface area contributed by atoms with Gasteiger partial charge in [0, 0.05) is 12.2 Å². The van der Waals surface area contributed by atoms with Crippen LogP contribution in [0.4, 0.5) is 5.69 Å². The second-order valence-electron chi connectivity index (χ2n) is 4.87. The molecule has 1 aliphatic rings. The van der Waals surface area contributed by atoms with Crippen molar-refractivity contribution >= 4 is 23.3 Å². The lowest BCUT2D eigenvalue weighted by Gasteiger charge is -2.24. The molecule has 108 valence electrons. The molecule has 1 heterocycles. The van der Waals surface area contributed by atoms with E-state index in [1.807, 2.05) is 17.8 Å². The van der Waals surface area contributed by atoms with E-state index in [0.717, 1.165) is 23.7 Å². The predicted molar refractivity (Wildman–Crippen MR) is 91.3 cm³/mol. The zero-order valence-electron chi connectivity index (χ0n) is 12.1. The van der Waals surface area contributed by atoms with Gasteiger partial charge in [-0.1, -0.05) is 55.5 Å². The smallest absolute Gasteiger partial charge is 0.189 e. The van der Waals surface area contributed by atoms with Crippen molar-refractivity contribution in [1.29, 1.82) is 0 Å². The van der Waals surface area contributed by atoms with Gasteiger partial charge in [0.2, 0.25) is 0 Å². The van der Waals surface area contributed by atoms with Crippen LogP contribution in [0.3, 0.4) is 0 Å². The number of aliphatic imine (C=N–C) groups is 1. The van der Waals surface area contributed by atoms with E-state index in [0.29, 0.717) is 0 Å². The lowest BCUT2D eigenvalue weighted by atomic mass is 10.2. The van der Waals surface area contributed by atoms with Crippen LogP contribution in [0.15, 0.2) is 65.7 Å². The fourth-order valence-electron chi connectivity index (χ4n) is 2.22. The van der Waals surface area contributed by atoms with Crippen LogP contribution in [-0.4, -0.2) is 11.3 Å². The summed E-state index contributed by atoms with van der Waals surface area (Å²) in [6.07, 6.45) is 0.922. The lowest BCUT2D eigenvalue weighted by Crippen LogP contribution is -2.39. The summed E-state index contributed by atoms with van der Waals surface area (Å²) in [7, 11) is 0. The number of amidine groups is 1. The summed E-state index contributed by atoms with van der Waals surface area (Å²) in [4.78, 5) is 4.77. The highest BCUT2D eigenvalue weighted by atomic mass is 32.2. The van der Waals surface area contributed by atoms with E-state index >= 15 is 0 Å². The van der Waals surface area contributed by atoms with Gasteiger partial charge in [-0.3, -0.25) is 10.4 Å². The van der Waals surface area contributed by atoms with Crippen LogP contribution in [0.1, 0.15) is 18.9 Å². The quantitative estimate of drug-likeness (QED) is 0.902. The molecule has 0 aliphatic carbocycles. The molecule has 0 spiro atoms. The van der Waals surface area contributed by atoms with Gasteiger partial charge in [0.05, 0.1) is 5.69 Å². The number of anilines is 1. The van der Waals surface area contributed by atoms with Gasteiger partial charge in [0.15, 0.2) is 5.50 Å². The topological polar surface area (TPSA) is 27.6 Å². The number of nitrogens with one attached hydrogen (secondary N) is 1. The Morgan fingerprint density at radius 1 is 1.05 bits per heavy atom. The van der Waals surface area contributed by atoms with E-state index in [-0.39, 0.29) is 5.50 Å². The van der Waals surface area contributed by atoms with Gasteiger partial charge in [0.1, 0.15) is 5.84 Å². The molecule has 0 bridgehead atoms. The first kappa shape index (κ1) is 14.0. The summed E-state index contributed by atoms with van der Waals surface area (Å²) >= 11 is 1.84. The second-order valence-corrected chi connectivity index (χ2v) is 5.91. The standard InChI is InChI=1S/C17H19N3S/c1-2-16-18-17(21-13-14-9-5-3-6-10-14)20(19-16)15-11-7-4-8-12-15/h3-12,17H,2,13H2,1H3,(H,18,19). The largest absolute Gasteiger partial charge is 0.283 e. The molecular formula is C17H19N3S. The third-order valence-corrected chi connectivity index (χ3v) is 4.46. The Morgan fingerprint density at radius 2 is 1.71 bits per heavy atom. The van der Waals surface area contributed by atoms with Crippen molar-refractivity contribution in [2.45, 2.75) is 24.6 Å². The Hall–Kier alpha value is -1.94. The number of rotatable bonds is 5. The molecule has 2 aromatic rings. The molecule has 0 saturated carbocycles. The van der Waals surface area contributed by atoms with Gasteiger partial charge in [-0.2, -0.15) is 0 Å². The Balaban J connectivity index is 1.72. The molecule has 0 fully saturated rings. The minimum atomic E-state index is 0.0857. The lowest BCUT2D eigenvalue weighted by molar-refractivity contribution is 0.796. The molecule has 4 heteroatoms. The summed E-state index contributed by atoms with van der Waals surface area (Å²) in [6, 6.07) is 20.9. The van der Waals surface area contributed by atoms with Crippen LogP contribution in [-0.2, 0) is 5.75 Å². The average Bonchev–Trinajstić information content (AvgIpc) is 2.98. The highest BCUT2D eigenvalue weighted by Gasteiger charge is 2.25. The van der Waals surface area contributed by atoms with Gasteiger partial charge in [-0.15, -0.1) is 11.8 Å². The number of hydrogen-bond donors (Lipinski definition) is 1. The first-order chi connectivity index (χ1) is 10.4. The Morgan fingerprint density at radius 3 is 2.38 bits per heavy atom. The zero-order valence-corrected chi connectivity index (χ0v) is 12.9. The molecule has 3 rings (SSSR count). The predicted octanol–water partition coefficient (Wildman–Crippen LogP) is 4.04. The summed E-state index contributed by atoms with van der Waals surface area (Å²) in [5.74, 6) is 2.00. The van der Waals surface area contributed by atoms with E-state index in [1.54, 1.807) is 0 Å². The summed E-state index contributed by atoms with van der Waals surface area (Å²) in [5, 5.41) is 2.15. The van der Waals surface area contributed by atoms with Crippen molar-refractivity contribution in [2.75, 3.05) is 5.01 Å². The number of benzene rings is 2. The normalized spacial score (nSPS) is 17.5. The Kier molecular flexibility index (Phi) is 4.46. The van der Waals surface area contributed by atoms with Crippen molar-refractivity contribution < 1.29 is 0 Å². The van der Waals surface area contributed by atoms with Crippen LogP contribution in [0.25, 0.3) is 0 Å². The van der Waals surface area contributed by atoms with Crippen LogP contribution >= 0.6 is 11.8 Å². The second kappa shape index (κ2) is 6.68. The van der Waals surface area contributed by atoms with Crippen molar-refractivity contribution in [3.63, 3.8) is 0 Å². The average molecular weight is 297 g/mol. The number of hydrazine groups is 1. The first-order valence-corrected chi connectivity index (χ1v) is 8.25. The summed E-state index contributed by atoms with van der Waals surface area (Å²) in [6.45, 7) is 2.12. The SMILES string of the molecule is CCC1=NC(SCc2ccccc2)N(c2ccccc2)N1. The molecular weight excluding hydrogens is 278 g/mol. The number of thioether (sulfide) groups is 1. The Labute approximate surface area is 130 Å². The first-order valence-electron chi connectivity index (χ1n) is 7.20. The number of para-hydroxylation sites is 1. The molecule has 0 radical (unpaired) electrons. The molecule has 0 amide bonds. The third-order valence-electron chi connectivity index (χ3n) is 3.35. The molecule has 0 aromatic heterocycles. The third kappa shape index (κ3) is 3.39. The van der Waals surface area contributed by atoms with Crippen LogP contribution in [0, 0.1) is 0 Å². The van der Waals surface area contributed by atoms with Crippen molar-refractivity contribution in [1.82, 2.24) is 5.43 Å². The monoisotopic (exact) mass is 297 g/mol. The van der Waals surface area contributed by atoms with Crippen LogP contribution in [0.2, 0.25) is 0 Å². The van der Waals surface area contributed by atoms with E-state index in [1.165, 1.54) is 5.56 Å². The van der Waals surface area contributed by atoms with Crippen LogP contribution in [0.5, 0.6) is 0 Å².